The average Bonchev–Trinajstić information content (AvgIpc) is 2.89. The molecule has 0 saturated heterocycles. The van der Waals surface area contributed by atoms with E-state index in [2.05, 4.69) is 24.0 Å². The van der Waals surface area contributed by atoms with Crippen molar-refractivity contribution in [1.29, 1.82) is 0 Å². The third-order valence-corrected chi connectivity index (χ3v) is 6.16. The number of methoxy groups -OCH3 is 1. The second kappa shape index (κ2) is 4.84. The summed E-state index contributed by atoms with van der Waals surface area (Å²) in [5.41, 5.74) is 3.45. The van der Waals surface area contributed by atoms with Crippen LogP contribution in [0.25, 0.3) is 11.3 Å². The molecule has 0 amide bonds. The highest BCUT2D eigenvalue weighted by Crippen LogP contribution is 2.67. The van der Waals surface area contributed by atoms with Gasteiger partial charge in [0, 0.05) is 18.1 Å². The van der Waals surface area contributed by atoms with E-state index in [0.717, 1.165) is 18.5 Å². The molecule has 0 aliphatic heterocycles. The lowest BCUT2D eigenvalue weighted by Crippen LogP contribution is -2.39. The van der Waals surface area contributed by atoms with Crippen molar-refractivity contribution in [3.63, 3.8) is 0 Å². The van der Waals surface area contributed by atoms with Crippen molar-refractivity contribution in [2.24, 2.45) is 5.41 Å². The van der Waals surface area contributed by atoms with Gasteiger partial charge in [0.2, 0.25) is 0 Å². The van der Waals surface area contributed by atoms with E-state index in [1.165, 1.54) is 11.6 Å². The normalized spacial score (nSPS) is 27.2. The zero-order valence-corrected chi connectivity index (χ0v) is 13.8. The van der Waals surface area contributed by atoms with Gasteiger partial charge in [0.25, 0.3) is 0 Å². The van der Waals surface area contributed by atoms with E-state index >= 15 is 0 Å². The van der Waals surface area contributed by atoms with E-state index < -0.39 is 0 Å². The van der Waals surface area contributed by atoms with Crippen LogP contribution in [0.2, 0.25) is 0 Å². The zero-order valence-electron chi connectivity index (χ0n) is 13.8. The van der Waals surface area contributed by atoms with E-state index in [4.69, 9.17) is 4.74 Å². The number of rotatable bonds is 3. The Labute approximate surface area is 135 Å². The lowest BCUT2D eigenvalue weighted by molar-refractivity contribution is 0.0714. The van der Waals surface area contributed by atoms with Gasteiger partial charge in [-0.25, -0.2) is 4.39 Å². The molecular weight excluding hydrogens is 291 g/mol. The molecule has 0 N–H and O–H groups in total. The molecule has 1 fully saturated rings. The molecule has 0 radical (unpaired) electrons. The third-order valence-electron chi connectivity index (χ3n) is 6.16. The number of hydrogen-bond donors (Lipinski definition) is 0. The van der Waals surface area contributed by atoms with E-state index in [1.807, 2.05) is 12.1 Å². The monoisotopic (exact) mass is 312 g/mol. The summed E-state index contributed by atoms with van der Waals surface area (Å²) in [5, 5.41) is 8.90. The predicted molar refractivity (Wildman–Crippen MR) is 86.7 cm³/mol. The van der Waals surface area contributed by atoms with Crippen LogP contribution in [0.3, 0.4) is 0 Å². The van der Waals surface area contributed by atoms with Gasteiger partial charge in [-0.2, -0.15) is 10.2 Å². The molecule has 1 heterocycles. The molecule has 120 valence electrons. The second-order valence-electron chi connectivity index (χ2n) is 7.34. The van der Waals surface area contributed by atoms with Crippen molar-refractivity contribution in [2.75, 3.05) is 13.7 Å². The van der Waals surface area contributed by atoms with Gasteiger partial charge in [0.15, 0.2) is 0 Å². The lowest BCUT2D eigenvalue weighted by Gasteiger charge is -2.37. The first-order chi connectivity index (χ1) is 11.0. The maximum atomic E-state index is 14.1. The highest BCUT2D eigenvalue weighted by atomic mass is 19.1. The average molecular weight is 312 g/mol. The SMILES string of the molecule is COC[C@@]12CC[C@@H](c3cc(-c4ccccc4F)nnc31)C2(C)C. The van der Waals surface area contributed by atoms with E-state index in [0.29, 0.717) is 23.8 Å². The van der Waals surface area contributed by atoms with Crippen LogP contribution >= 0.6 is 0 Å². The molecule has 1 aromatic carbocycles. The minimum Gasteiger partial charge on any atom is -0.384 e. The van der Waals surface area contributed by atoms with Crippen LogP contribution in [0.1, 0.15) is 43.9 Å². The van der Waals surface area contributed by atoms with E-state index in [9.17, 15) is 4.39 Å². The Bertz CT molecular complexity index is 774. The minimum absolute atomic E-state index is 0.0670. The molecule has 4 rings (SSSR count). The molecule has 23 heavy (non-hydrogen) atoms. The Morgan fingerprint density at radius 2 is 2.04 bits per heavy atom. The molecule has 0 unspecified atom stereocenters. The Balaban J connectivity index is 1.87. The van der Waals surface area contributed by atoms with Crippen LogP contribution in [0, 0.1) is 11.2 Å². The van der Waals surface area contributed by atoms with Gasteiger partial charge in [-0.1, -0.05) is 26.0 Å². The number of aromatic nitrogens is 2. The van der Waals surface area contributed by atoms with Gasteiger partial charge in [0.05, 0.1) is 18.0 Å². The van der Waals surface area contributed by atoms with Crippen LogP contribution in [0.5, 0.6) is 0 Å². The van der Waals surface area contributed by atoms with Crippen molar-refractivity contribution in [3.8, 4) is 11.3 Å². The maximum Gasteiger partial charge on any atom is 0.132 e. The molecule has 2 atom stereocenters. The van der Waals surface area contributed by atoms with Crippen LogP contribution < -0.4 is 0 Å². The van der Waals surface area contributed by atoms with Crippen molar-refractivity contribution in [2.45, 2.75) is 38.0 Å². The summed E-state index contributed by atoms with van der Waals surface area (Å²) in [6.45, 7) is 5.26. The Kier molecular flexibility index (Phi) is 3.11. The summed E-state index contributed by atoms with van der Waals surface area (Å²) in [5.74, 6) is 0.185. The summed E-state index contributed by atoms with van der Waals surface area (Å²) in [7, 11) is 1.75. The molecule has 2 aliphatic carbocycles. The largest absolute Gasteiger partial charge is 0.384 e. The maximum absolute atomic E-state index is 14.1. The number of nitrogens with zero attached hydrogens (tertiary/aromatic N) is 2. The van der Waals surface area contributed by atoms with Gasteiger partial charge in [-0.15, -0.1) is 0 Å². The predicted octanol–water partition coefficient (Wildman–Crippen LogP) is 4.08. The first kappa shape index (κ1) is 14.8. The quantitative estimate of drug-likeness (QED) is 0.856. The van der Waals surface area contributed by atoms with Crippen molar-refractivity contribution < 1.29 is 9.13 Å². The number of hydrogen-bond acceptors (Lipinski definition) is 3. The van der Waals surface area contributed by atoms with Crippen LogP contribution in [-0.2, 0) is 10.2 Å². The molecule has 0 spiro atoms. The molecular formula is C19H21FN2O. The Morgan fingerprint density at radius 1 is 1.26 bits per heavy atom. The molecule has 1 saturated carbocycles. The highest BCUT2D eigenvalue weighted by molar-refractivity contribution is 5.62. The lowest BCUT2D eigenvalue weighted by atomic mass is 9.69. The van der Waals surface area contributed by atoms with Crippen molar-refractivity contribution in [1.82, 2.24) is 10.2 Å². The molecule has 2 bridgehead atoms. The van der Waals surface area contributed by atoms with Gasteiger partial charge >= 0.3 is 0 Å². The van der Waals surface area contributed by atoms with Crippen LogP contribution in [0.4, 0.5) is 4.39 Å². The van der Waals surface area contributed by atoms with E-state index in [1.54, 1.807) is 19.2 Å². The summed E-state index contributed by atoms with van der Waals surface area (Å²) in [4.78, 5) is 0. The van der Waals surface area contributed by atoms with Gasteiger partial charge in [-0.05, 0) is 47.9 Å². The highest BCUT2D eigenvalue weighted by Gasteiger charge is 2.63. The van der Waals surface area contributed by atoms with Crippen LogP contribution in [-0.4, -0.2) is 23.9 Å². The summed E-state index contributed by atoms with van der Waals surface area (Å²) in [6.07, 6.45) is 2.21. The fourth-order valence-electron chi connectivity index (χ4n) is 4.79. The fourth-order valence-corrected chi connectivity index (χ4v) is 4.79. The molecule has 3 nitrogen and oxygen atoms in total. The van der Waals surface area contributed by atoms with Crippen LogP contribution in [0.15, 0.2) is 30.3 Å². The first-order valence-electron chi connectivity index (χ1n) is 8.13. The fraction of sp³-hybridized carbons (Fsp3) is 0.474. The zero-order chi connectivity index (χ0) is 16.2. The number of benzene rings is 1. The van der Waals surface area contributed by atoms with Crippen molar-refractivity contribution in [3.05, 3.63) is 47.4 Å². The van der Waals surface area contributed by atoms with Crippen molar-refractivity contribution >= 4 is 0 Å². The Morgan fingerprint density at radius 3 is 2.78 bits per heavy atom. The van der Waals surface area contributed by atoms with Gasteiger partial charge in [-0.3, -0.25) is 0 Å². The number of ether oxygens (including phenoxy) is 1. The Hall–Kier alpha value is -1.81. The number of fused-ring (bicyclic) bond motifs is 5. The summed E-state index contributed by atoms with van der Waals surface area (Å²) in [6, 6.07) is 8.79. The summed E-state index contributed by atoms with van der Waals surface area (Å²) < 4.78 is 19.6. The summed E-state index contributed by atoms with van der Waals surface area (Å²) >= 11 is 0. The van der Waals surface area contributed by atoms with Gasteiger partial charge in [0.1, 0.15) is 5.82 Å². The smallest absolute Gasteiger partial charge is 0.132 e. The molecule has 2 aliphatic rings. The minimum atomic E-state index is -0.254. The standard InChI is InChI=1S/C19H21FN2O/c1-18(2)14-8-9-19(18,11-23-3)17-13(14)10-16(21-22-17)12-6-4-5-7-15(12)20/h4-7,10,14H,8-9,11H2,1-3H3/t14-,19-/m0/s1. The number of halogens is 1. The second-order valence-corrected chi connectivity index (χ2v) is 7.34. The molecule has 2 aromatic rings. The topological polar surface area (TPSA) is 35.0 Å². The molecule has 1 aromatic heterocycles. The first-order valence-corrected chi connectivity index (χ1v) is 8.13. The van der Waals surface area contributed by atoms with E-state index in [-0.39, 0.29) is 16.6 Å². The molecule has 4 heteroatoms. The van der Waals surface area contributed by atoms with Gasteiger partial charge < -0.3 is 4.74 Å². The third kappa shape index (κ3) is 1.78.